The number of carbonyl (C=O) groups excluding carboxylic acids is 2. The molecule has 2 aromatic rings. The van der Waals surface area contributed by atoms with E-state index < -0.39 is 0 Å². The highest BCUT2D eigenvalue weighted by Crippen LogP contribution is 2.16. The van der Waals surface area contributed by atoms with E-state index in [4.69, 9.17) is 9.47 Å². The zero-order chi connectivity index (χ0) is 17.9. The molecule has 7 nitrogen and oxygen atoms in total. The number of benzene rings is 1. The lowest BCUT2D eigenvalue weighted by atomic mass is 10.3. The average molecular weight is 343 g/mol. The summed E-state index contributed by atoms with van der Waals surface area (Å²) in [6, 6.07) is 10.8. The summed E-state index contributed by atoms with van der Waals surface area (Å²) in [6.45, 7) is 0.983. The molecule has 0 fully saturated rings. The van der Waals surface area contributed by atoms with Crippen molar-refractivity contribution in [3.8, 4) is 11.5 Å². The summed E-state index contributed by atoms with van der Waals surface area (Å²) in [7, 11) is 1.60. The van der Waals surface area contributed by atoms with E-state index in [0.717, 1.165) is 11.3 Å². The van der Waals surface area contributed by atoms with Gasteiger partial charge in [-0.15, -0.1) is 0 Å². The third-order valence-electron chi connectivity index (χ3n) is 3.29. The maximum absolute atomic E-state index is 11.7. The van der Waals surface area contributed by atoms with Crippen molar-refractivity contribution in [2.75, 3.05) is 20.3 Å². The highest BCUT2D eigenvalue weighted by molar-refractivity contribution is 5.96. The van der Waals surface area contributed by atoms with Crippen LogP contribution in [0.1, 0.15) is 12.0 Å². The number of pyridine rings is 1. The van der Waals surface area contributed by atoms with Gasteiger partial charge in [-0.05, 0) is 35.9 Å². The SMILES string of the molecule is COc1ccc(OCCNC(=O)CC(=O)NCc2cccnc2)cc1. The van der Waals surface area contributed by atoms with Gasteiger partial charge in [0.25, 0.3) is 0 Å². The standard InChI is InChI=1S/C18H21N3O4/c1-24-15-4-6-16(7-5-15)25-10-9-20-17(22)11-18(23)21-13-14-3-2-8-19-12-14/h2-8,12H,9-11,13H2,1H3,(H,20,22)(H,21,23). The monoisotopic (exact) mass is 343 g/mol. The minimum Gasteiger partial charge on any atom is -0.497 e. The van der Waals surface area contributed by atoms with Gasteiger partial charge >= 0.3 is 0 Å². The highest BCUT2D eigenvalue weighted by Gasteiger charge is 2.08. The van der Waals surface area contributed by atoms with Gasteiger partial charge in [-0.2, -0.15) is 0 Å². The second-order valence-electron chi connectivity index (χ2n) is 5.19. The van der Waals surface area contributed by atoms with Crippen LogP contribution < -0.4 is 20.1 Å². The molecule has 25 heavy (non-hydrogen) atoms. The first kappa shape index (κ1) is 18.3. The van der Waals surface area contributed by atoms with Crippen molar-refractivity contribution in [2.45, 2.75) is 13.0 Å². The van der Waals surface area contributed by atoms with Crippen LogP contribution in [0.15, 0.2) is 48.8 Å². The van der Waals surface area contributed by atoms with Crippen molar-refractivity contribution >= 4 is 11.8 Å². The molecule has 1 aromatic heterocycles. The molecule has 0 aliphatic heterocycles. The van der Waals surface area contributed by atoms with Crippen molar-refractivity contribution in [3.05, 3.63) is 54.4 Å². The molecule has 0 saturated heterocycles. The molecule has 0 radical (unpaired) electrons. The van der Waals surface area contributed by atoms with Gasteiger partial charge in [-0.25, -0.2) is 0 Å². The molecule has 132 valence electrons. The molecule has 0 unspecified atom stereocenters. The van der Waals surface area contributed by atoms with E-state index in [-0.39, 0.29) is 18.2 Å². The number of aromatic nitrogens is 1. The first-order valence-corrected chi connectivity index (χ1v) is 7.86. The van der Waals surface area contributed by atoms with E-state index in [2.05, 4.69) is 15.6 Å². The smallest absolute Gasteiger partial charge is 0.229 e. The zero-order valence-electron chi connectivity index (χ0n) is 14.0. The molecule has 2 N–H and O–H groups in total. The Labute approximate surface area is 146 Å². The van der Waals surface area contributed by atoms with Gasteiger partial charge in [0, 0.05) is 18.9 Å². The molecule has 1 heterocycles. The fourth-order valence-electron chi connectivity index (χ4n) is 2.01. The van der Waals surface area contributed by atoms with Crippen LogP contribution in [-0.2, 0) is 16.1 Å². The molecule has 0 saturated carbocycles. The minimum atomic E-state index is -0.345. The van der Waals surface area contributed by atoms with Crippen LogP contribution in [0.5, 0.6) is 11.5 Å². The maximum Gasteiger partial charge on any atom is 0.229 e. The van der Waals surface area contributed by atoms with Crippen molar-refractivity contribution in [1.82, 2.24) is 15.6 Å². The van der Waals surface area contributed by atoms with Crippen molar-refractivity contribution < 1.29 is 19.1 Å². The molecule has 0 aliphatic rings. The van der Waals surface area contributed by atoms with E-state index in [1.54, 1.807) is 49.8 Å². The predicted octanol–water partition coefficient (Wildman–Crippen LogP) is 1.29. The Bertz CT molecular complexity index is 674. The van der Waals surface area contributed by atoms with E-state index in [0.29, 0.717) is 25.4 Å². The average Bonchev–Trinajstić information content (AvgIpc) is 2.65. The fourth-order valence-corrected chi connectivity index (χ4v) is 2.01. The largest absolute Gasteiger partial charge is 0.497 e. The highest BCUT2D eigenvalue weighted by atomic mass is 16.5. The summed E-state index contributed by atoms with van der Waals surface area (Å²) in [5.74, 6) is 0.752. The third kappa shape index (κ3) is 6.90. The van der Waals surface area contributed by atoms with E-state index >= 15 is 0 Å². The number of hydrogen-bond acceptors (Lipinski definition) is 5. The summed E-state index contributed by atoms with van der Waals surface area (Å²) in [5, 5.41) is 5.32. The van der Waals surface area contributed by atoms with Crippen LogP contribution in [0.3, 0.4) is 0 Å². The minimum absolute atomic E-state index is 0.219. The van der Waals surface area contributed by atoms with Crippen LogP contribution in [0.4, 0.5) is 0 Å². The van der Waals surface area contributed by atoms with Crippen LogP contribution in [-0.4, -0.2) is 37.1 Å². The number of carbonyl (C=O) groups is 2. The fraction of sp³-hybridized carbons (Fsp3) is 0.278. The van der Waals surface area contributed by atoms with Gasteiger partial charge in [0.2, 0.25) is 11.8 Å². The van der Waals surface area contributed by atoms with Crippen molar-refractivity contribution in [1.29, 1.82) is 0 Å². The topological polar surface area (TPSA) is 89.5 Å². The molecule has 0 atom stereocenters. The summed E-state index contributed by atoms with van der Waals surface area (Å²) >= 11 is 0. The van der Waals surface area contributed by atoms with Gasteiger partial charge in [-0.1, -0.05) is 6.07 Å². The zero-order valence-corrected chi connectivity index (χ0v) is 14.0. The summed E-state index contributed by atoms with van der Waals surface area (Å²) in [4.78, 5) is 27.4. The van der Waals surface area contributed by atoms with Crippen LogP contribution >= 0.6 is 0 Å². The molecule has 7 heteroatoms. The van der Waals surface area contributed by atoms with Gasteiger partial charge in [0.05, 0.1) is 13.7 Å². The van der Waals surface area contributed by atoms with Crippen LogP contribution in [0.2, 0.25) is 0 Å². The number of amides is 2. The Morgan fingerprint density at radius 1 is 1.04 bits per heavy atom. The first-order chi connectivity index (χ1) is 12.2. The second kappa shape index (κ2) is 9.92. The molecular formula is C18H21N3O4. The number of ether oxygens (including phenoxy) is 2. The molecule has 0 bridgehead atoms. The Kier molecular flexibility index (Phi) is 7.24. The predicted molar refractivity (Wildman–Crippen MR) is 92.2 cm³/mol. The number of rotatable bonds is 9. The van der Waals surface area contributed by atoms with Crippen molar-refractivity contribution in [2.24, 2.45) is 0 Å². The maximum atomic E-state index is 11.7. The summed E-state index contributed by atoms with van der Waals surface area (Å²) in [5.41, 5.74) is 0.879. The van der Waals surface area contributed by atoms with E-state index in [1.807, 2.05) is 6.07 Å². The third-order valence-corrected chi connectivity index (χ3v) is 3.29. The number of methoxy groups -OCH3 is 1. The Morgan fingerprint density at radius 3 is 2.44 bits per heavy atom. The second-order valence-corrected chi connectivity index (χ2v) is 5.19. The number of nitrogens with zero attached hydrogens (tertiary/aromatic N) is 1. The Morgan fingerprint density at radius 2 is 1.76 bits per heavy atom. The molecule has 0 aliphatic carbocycles. The number of nitrogens with one attached hydrogen (secondary N) is 2. The molecule has 0 spiro atoms. The van der Waals surface area contributed by atoms with E-state index in [1.165, 1.54) is 0 Å². The van der Waals surface area contributed by atoms with Gasteiger partial charge < -0.3 is 20.1 Å². The lowest BCUT2D eigenvalue weighted by Gasteiger charge is -2.09. The summed E-state index contributed by atoms with van der Waals surface area (Å²) in [6.07, 6.45) is 3.10. The molecule has 1 aromatic carbocycles. The molecule has 2 rings (SSSR count). The Hall–Kier alpha value is -3.09. The van der Waals surface area contributed by atoms with Crippen LogP contribution in [0, 0.1) is 0 Å². The Balaban J connectivity index is 1.59. The molecular weight excluding hydrogens is 322 g/mol. The van der Waals surface area contributed by atoms with Crippen LogP contribution in [0.25, 0.3) is 0 Å². The first-order valence-electron chi connectivity index (χ1n) is 7.86. The molecule has 2 amide bonds. The summed E-state index contributed by atoms with van der Waals surface area (Å²) < 4.78 is 10.5. The lowest BCUT2D eigenvalue weighted by molar-refractivity contribution is -0.129. The van der Waals surface area contributed by atoms with E-state index in [9.17, 15) is 9.59 Å². The normalized spacial score (nSPS) is 9.96. The quantitative estimate of drug-likeness (QED) is 0.529. The van der Waals surface area contributed by atoms with Gasteiger partial charge in [-0.3, -0.25) is 14.6 Å². The number of hydrogen-bond donors (Lipinski definition) is 2. The van der Waals surface area contributed by atoms with Gasteiger partial charge in [0.1, 0.15) is 24.5 Å². The van der Waals surface area contributed by atoms with Crippen molar-refractivity contribution in [3.63, 3.8) is 0 Å². The van der Waals surface area contributed by atoms with Gasteiger partial charge in [0.15, 0.2) is 0 Å². The lowest BCUT2D eigenvalue weighted by Crippen LogP contribution is -2.33.